The average Bonchev–Trinajstić information content (AvgIpc) is 3.12. The van der Waals surface area contributed by atoms with Crippen molar-refractivity contribution in [3.8, 4) is 0 Å². The van der Waals surface area contributed by atoms with E-state index in [1.165, 1.54) is 35.3 Å². The maximum absolute atomic E-state index is 13.6. The number of carbonyl (C=O) groups is 3. The number of hydrogen-bond acceptors (Lipinski definition) is 4. The fourth-order valence-electron chi connectivity index (χ4n) is 4.63. The van der Waals surface area contributed by atoms with Gasteiger partial charge in [-0.25, -0.2) is 8.78 Å². The SMILES string of the molecule is CC1(C(=O)NC2CCCCC2N2Cc3ccc(C(=N)NC(=O)C(F)(F)F)cc3C2=O)CC1(F)F. The molecular weight excluding hydrogens is 463 g/mol. The Labute approximate surface area is 191 Å². The summed E-state index contributed by atoms with van der Waals surface area (Å²) < 4.78 is 64.7. The van der Waals surface area contributed by atoms with E-state index in [-0.39, 0.29) is 17.7 Å². The Kier molecular flexibility index (Phi) is 5.68. The molecule has 2 fully saturated rings. The highest BCUT2D eigenvalue weighted by Gasteiger charge is 2.72. The largest absolute Gasteiger partial charge is 0.471 e. The number of nitrogens with zero attached hydrogens (tertiary/aromatic N) is 1. The summed E-state index contributed by atoms with van der Waals surface area (Å²) in [6.45, 7) is 1.40. The smallest absolute Gasteiger partial charge is 0.351 e. The Morgan fingerprint density at radius 1 is 1.18 bits per heavy atom. The zero-order chi connectivity index (χ0) is 25.1. The van der Waals surface area contributed by atoms with Crippen LogP contribution in [0.3, 0.4) is 0 Å². The Balaban J connectivity index is 1.49. The van der Waals surface area contributed by atoms with Gasteiger partial charge in [-0.2, -0.15) is 13.2 Å². The van der Waals surface area contributed by atoms with Crippen molar-refractivity contribution >= 4 is 23.6 Å². The molecule has 0 bridgehead atoms. The molecule has 7 nitrogen and oxygen atoms in total. The molecule has 1 heterocycles. The van der Waals surface area contributed by atoms with Crippen molar-refractivity contribution < 1.29 is 36.3 Å². The molecule has 12 heteroatoms. The standard InChI is InChI=1S/C22H23F5N4O3/c1-20(10-21(20,23)24)18(33)29-14-4-2-3-5-15(14)31-9-12-7-6-11(8-13(12)17(31)32)16(28)30-19(34)22(25,26)27/h6-8,14-15H,2-5,9-10H2,1H3,(H,29,33)(H2,28,30,34). The maximum atomic E-state index is 13.6. The second-order valence-corrected chi connectivity index (χ2v) is 9.28. The quantitative estimate of drug-likeness (QED) is 0.346. The highest BCUT2D eigenvalue weighted by atomic mass is 19.4. The van der Waals surface area contributed by atoms with Gasteiger partial charge in [0.15, 0.2) is 0 Å². The third kappa shape index (κ3) is 4.14. The zero-order valence-corrected chi connectivity index (χ0v) is 18.2. The molecule has 3 unspecified atom stereocenters. The molecule has 2 aliphatic carbocycles. The molecule has 1 aromatic carbocycles. The molecule has 2 saturated carbocycles. The van der Waals surface area contributed by atoms with Gasteiger partial charge in [0.2, 0.25) is 5.91 Å². The lowest BCUT2D eigenvalue weighted by molar-refractivity contribution is -0.171. The number of fused-ring (bicyclic) bond motifs is 1. The van der Waals surface area contributed by atoms with Gasteiger partial charge < -0.3 is 15.5 Å². The second-order valence-electron chi connectivity index (χ2n) is 9.28. The van der Waals surface area contributed by atoms with Crippen LogP contribution in [-0.2, 0) is 16.1 Å². The van der Waals surface area contributed by atoms with Gasteiger partial charge in [0.05, 0.1) is 6.04 Å². The van der Waals surface area contributed by atoms with Gasteiger partial charge in [0, 0.05) is 30.1 Å². The number of alkyl halides is 5. The monoisotopic (exact) mass is 486 g/mol. The zero-order valence-electron chi connectivity index (χ0n) is 18.2. The predicted octanol–water partition coefficient (Wildman–Crippen LogP) is 3.12. The number of nitrogens with one attached hydrogen (secondary N) is 3. The topological polar surface area (TPSA) is 102 Å². The molecule has 3 aliphatic rings. The van der Waals surface area contributed by atoms with Gasteiger partial charge in [-0.05, 0) is 31.4 Å². The Morgan fingerprint density at radius 2 is 1.82 bits per heavy atom. The first-order chi connectivity index (χ1) is 15.7. The first-order valence-electron chi connectivity index (χ1n) is 10.8. The summed E-state index contributed by atoms with van der Waals surface area (Å²) in [5.41, 5.74) is -1.05. The van der Waals surface area contributed by atoms with E-state index in [1.807, 2.05) is 0 Å². The van der Waals surface area contributed by atoms with Gasteiger partial charge in [0.1, 0.15) is 11.3 Å². The van der Waals surface area contributed by atoms with Gasteiger partial charge >= 0.3 is 12.1 Å². The lowest BCUT2D eigenvalue weighted by Crippen LogP contribution is -2.54. The molecule has 4 rings (SSSR count). The normalized spacial score (nSPS) is 27.7. The van der Waals surface area contributed by atoms with E-state index in [0.29, 0.717) is 18.4 Å². The molecular formula is C22H23F5N4O3. The van der Waals surface area contributed by atoms with Crippen LogP contribution in [0.4, 0.5) is 22.0 Å². The number of carbonyl (C=O) groups excluding carboxylic acids is 3. The predicted molar refractivity (Wildman–Crippen MR) is 109 cm³/mol. The number of amidine groups is 1. The highest BCUT2D eigenvalue weighted by molar-refractivity contribution is 6.09. The van der Waals surface area contributed by atoms with E-state index in [1.54, 1.807) is 0 Å². The van der Waals surface area contributed by atoms with E-state index in [9.17, 15) is 36.3 Å². The Hall–Kier alpha value is -3.05. The van der Waals surface area contributed by atoms with E-state index in [2.05, 4.69) is 5.32 Å². The van der Waals surface area contributed by atoms with Crippen molar-refractivity contribution in [2.24, 2.45) is 5.41 Å². The summed E-state index contributed by atoms with van der Waals surface area (Å²) in [7, 11) is 0. The van der Waals surface area contributed by atoms with Crippen molar-refractivity contribution in [3.05, 3.63) is 34.9 Å². The Bertz CT molecular complexity index is 1070. The number of benzene rings is 1. The summed E-state index contributed by atoms with van der Waals surface area (Å²) in [5, 5.41) is 11.9. The minimum Gasteiger partial charge on any atom is -0.351 e. The van der Waals surface area contributed by atoms with E-state index in [0.717, 1.165) is 12.8 Å². The van der Waals surface area contributed by atoms with Crippen LogP contribution in [0.1, 0.15) is 60.5 Å². The van der Waals surface area contributed by atoms with Crippen LogP contribution in [0.2, 0.25) is 0 Å². The van der Waals surface area contributed by atoms with Gasteiger partial charge in [-0.1, -0.05) is 25.0 Å². The molecule has 0 radical (unpaired) electrons. The lowest BCUT2D eigenvalue weighted by Gasteiger charge is -2.38. The molecule has 3 N–H and O–H groups in total. The molecule has 34 heavy (non-hydrogen) atoms. The van der Waals surface area contributed by atoms with Crippen LogP contribution >= 0.6 is 0 Å². The molecule has 0 saturated heterocycles. The fourth-order valence-corrected chi connectivity index (χ4v) is 4.63. The van der Waals surface area contributed by atoms with Crippen LogP contribution in [-0.4, -0.2) is 52.6 Å². The Morgan fingerprint density at radius 3 is 2.44 bits per heavy atom. The summed E-state index contributed by atoms with van der Waals surface area (Å²) in [6.07, 6.45) is -3.04. The first kappa shape index (κ1) is 24.1. The number of halogens is 5. The van der Waals surface area contributed by atoms with Crippen molar-refractivity contribution in [1.82, 2.24) is 15.5 Å². The highest BCUT2D eigenvalue weighted by Crippen LogP contribution is 2.60. The average molecular weight is 486 g/mol. The van der Waals surface area contributed by atoms with E-state index >= 15 is 0 Å². The van der Waals surface area contributed by atoms with E-state index < -0.39 is 59.6 Å². The number of hydrogen-bond donors (Lipinski definition) is 3. The molecule has 184 valence electrons. The van der Waals surface area contributed by atoms with Crippen molar-refractivity contribution in [2.75, 3.05) is 0 Å². The molecule has 1 aliphatic heterocycles. The molecule has 0 aromatic heterocycles. The van der Waals surface area contributed by atoms with Crippen LogP contribution in [0.25, 0.3) is 0 Å². The first-order valence-corrected chi connectivity index (χ1v) is 10.8. The minimum absolute atomic E-state index is 0.0658. The van der Waals surface area contributed by atoms with Gasteiger partial charge in [0.25, 0.3) is 11.8 Å². The minimum atomic E-state index is -5.16. The summed E-state index contributed by atoms with van der Waals surface area (Å²) in [6, 6.07) is 3.15. The summed E-state index contributed by atoms with van der Waals surface area (Å²) in [5.74, 6) is -7.31. The lowest BCUT2D eigenvalue weighted by atomic mass is 9.88. The molecule has 3 amide bonds. The summed E-state index contributed by atoms with van der Waals surface area (Å²) in [4.78, 5) is 38.3. The van der Waals surface area contributed by atoms with Crippen LogP contribution < -0.4 is 10.6 Å². The van der Waals surface area contributed by atoms with Crippen LogP contribution in [0.5, 0.6) is 0 Å². The van der Waals surface area contributed by atoms with Crippen LogP contribution in [0.15, 0.2) is 18.2 Å². The van der Waals surface area contributed by atoms with Crippen molar-refractivity contribution in [3.63, 3.8) is 0 Å². The molecule has 3 atom stereocenters. The fraction of sp³-hybridized carbons (Fsp3) is 0.545. The third-order valence-corrected chi connectivity index (χ3v) is 6.93. The third-order valence-electron chi connectivity index (χ3n) is 6.93. The maximum Gasteiger partial charge on any atom is 0.471 e. The molecule has 1 aromatic rings. The number of rotatable bonds is 4. The molecule has 0 spiro atoms. The van der Waals surface area contributed by atoms with Crippen LogP contribution in [0, 0.1) is 10.8 Å². The van der Waals surface area contributed by atoms with E-state index in [4.69, 9.17) is 5.41 Å². The summed E-state index contributed by atoms with van der Waals surface area (Å²) >= 11 is 0. The number of amides is 3. The van der Waals surface area contributed by atoms with Crippen molar-refractivity contribution in [2.45, 2.75) is 69.8 Å². The second kappa shape index (κ2) is 8.02. The van der Waals surface area contributed by atoms with Gasteiger partial charge in [-0.15, -0.1) is 0 Å². The van der Waals surface area contributed by atoms with Gasteiger partial charge in [-0.3, -0.25) is 19.8 Å². The van der Waals surface area contributed by atoms with Crippen molar-refractivity contribution in [1.29, 1.82) is 5.41 Å².